The van der Waals surface area contributed by atoms with E-state index in [1.54, 1.807) is 12.1 Å². The van der Waals surface area contributed by atoms with Gasteiger partial charge in [-0.15, -0.1) is 0 Å². The first kappa shape index (κ1) is 13.0. The molecule has 1 aromatic carbocycles. The van der Waals surface area contributed by atoms with Crippen LogP contribution in [0, 0.1) is 17.2 Å². The average Bonchev–Trinajstić information content (AvgIpc) is 2.30. The number of hydrogen-bond acceptors (Lipinski definition) is 3. The van der Waals surface area contributed by atoms with Gasteiger partial charge >= 0.3 is 0 Å². The van der Waals surface area contributed by atoms with Crippen LogP contribution in [0.25, 0.3) is 0 Å². The van der Waals surface area contributed by atoms with E-state index >= 15 is 0 Å². The Balaban J connectivity index is 2.52. The van der Waals surface area contributed by atoms with E-state index in [9.17, 15) is 0 Å². The van der Waals surface area contributed by atoms with Crippen molar-refractivity contribution in [2.24, 2.45) is 5.92 Å². The van der Waals surface area contributed by atoms with Crippen molar-refractivity contribution in [3.63, 3.8) is 0 Å². The van der Waals surface area contributed by atoms with Gasteiger partial charge in [0.05, 0.1) is 11.6 Å². The molecule has 0 aromatic heterocycles. The molecule has 4 heteroatoms. The average molecular weight is 239 g/mol. The van der Waals surface area contributed by atoms with Crippen molar-refractivity contribution in [2.75, 3.05) is 13.2 Å². The summed E-state index contributed by atoms with van der Waals surface area (Å²) >= 11 is 6.02. The number of nitrogens with one attached hydrogen (secondary N) is 1. The fourth-order valence-electron chi connectivity index (χ4n) is 1.28. The molecule has 0 saturated heterocycles. The van der Waals surface area contributed by atoms with Gasteiger partial charge in [-0.1, -0.05) is 24.6 Å². The lowest BCUT2D eigenvalue weighted by Crippen LogP contribution is -2.22. The highest BCUT2D eigenvalue weighted by atomic mass is 35.5. The van der Waals surface area contributed by atoms with E-state index in [0.29, 0.717) is 17.1 Å². The largest absolute Gasteiger partial charge is 0.396 e. The minimum atomic E-state index is 0.175. The fraction of sp³-hybridized carbons (Fsp3) is 0.417. The maximum Gasteiger partial charge on any atom is 0.0992 e. The van der Waals surface area contributed by atoms with Crippen LogP contribution in [-0.2, 0) is 6.54 Å². The molecule has 86 valence electrons. The monoisotopic (exact) mass is 238 g/mol. The number of rotatable bonds is 5. The number of nitrogens with zero attached hydrogens (tertiary/aromatic N) is 1. The van der Waals surface area contributed by atoms with Gasteiger partial charge in [0.25, 0.3) is 0 Å². The summed E-state index contributed by atoms with van der Waals surface area (Å²) < 4.78 is 0. The van der Waals surface area contributed by atoms with E-state index in [0.717, 1.165) is 12.1 Å². The summed E-state index contributed by atoms with van der Waals surface area (Å²) in [5.41, 5.74) is 1.53. The Hall–Kier alpha value is -1.08. The van der Waals surface area contributed by atoms with E-state index in [-0.39, 0.29) is 12.5 Å². The molecule has 0 amide bonds. The van der Waals surface area contributed by atoms with Crippen LogP contribution < -0.4 is 5.32 Å². The van der Waals surface area contributed by atoms with Crippen LogP contribution in [0.1, 0.15) is 18.1 Å². The van der Waals surface area contributed by atoms with Gasteiger partial charge in [-0.25, -0.2) is 0 Å². The Morgan fingerprint density at radius 1 is 1.56 bits per heavy atom. The maximum atomic E-state index is 8.85. The molecule has 0 radical (unpaired) electrons. The SMILES string of the molecule is CC(CO)CNCc1ccc(C#N)cc1Cl. The summed E-state index contributed by atoms with van der Waals surface area (Å²) in [6.45, 7) is 3.53. The summed E-state index contributed by atoms with van der Waals surface area (Å²) in [7, 11) is 0. The van der Waals surface area contributed by atoms with E-state index < -0.39 is 0 Å². The van der Waals surface area contributed by atoms with Crippen molar-refractivity contribution in [2.45, 2.75) is 13.5 Å². The molecular formula is C12H15ClN2O. The predicted octanol–water partition coefficient (Wildman–Crippen LogP) is 1.93. The third-order valence-electron chi connectivity index (χ3n) is 2.30. The molecule has 0 saturated carbocycles. The number of nitriles is 1. The molecule has 1 atom stereocenters. The zero-order valence-corrected chi connectivity index (χ0v) is 9.96. The van der Waals surface area contributed by atoms with Crippen molar-refractivity contribution >= 4 is 11.6 Å². The second-order valence-corrected chi connectivity index (χ2v) is 4.24. The van der Waals surface area contributed by atoms with Gasteiger partial charge in [0.15, 0.2) is 0 Å². The van der Waals surface area contributed by atoms with Crippen LogP contribution in [-0.4, -0.2) is 18.3 Å². The molecule has 0 bridgehead atoms. The second kappa shape index (κ2) is 6.49. The number of benzene rings is 1. The third kappa shape index (κ3) is 3.82. The number of halogens is 1. The topological polar surface area (TPSA) is 56.0 Å². The zero-order valence-electron chi connectivity index (χ0n) is 9.20. The molecule has 0 aliphatic heterocycles. The van der Waals surface area contributed by atoms with Crippen LogP contribution in [0.5, 0.6) is 0 Å². The zero-order chi connectivity index (χ0) is 12.0. The molecule has 3 nitrogen and oxygen atoms in total. The fourth-order valence-corrected chi connectivity index (χ4v) is 1.53. The Morgan fingerprint density at radius 2 is 2.31 bits per heavy atom. The smallest absolute Gasteiger partial charge is 0.0992 e. The van der Waals surface area contributed by atoms with Crippen molar-refractivity contribution in [1.29, 1.82) is 5.26 Å². The summed E-state index contributed by atoms with van der Waals surface area (Å²) in [6.07, 6.45) is 0. The predicted molar refractivity (Wildman–Crippen MR) is 64.1 cm³/mol. The van der Waals surface area contributed by atoms with Gasteiger partial charge < -0.3 is 10.4 Å². The molecular weight excluding hydrogens is 224 g/mol. The van der Waals surface area contributed by atoms with Gasteiger partial charge in [-0.05, 0) is 23.6 Å². The van der Waals surface area contributed by atoms with E-state index in [4.69, 9.17) is 22.0 Å². The van der Waals surface area contributed by atoms with Gasteiger partial charge in [0.1, 0.15) is 0 Å². The molecule has 2 N–H and O–H groups in total. The van der Waals surface area contributed by atoms with Crippen molar-refractivity contribution in [3.05, 3.63) is 34.3 Å². The number of aliphatic hydroxyl groups excluding tert-OH is 1. The Kier molecular flexibility index (Phi) is 5.27. The Labute approximate surface area is 101 Å². The lowest BCUT2D eigenvalue weighted by atomic mass is 10.1. The van der Waals surface area contributed by atoms with E-state index in [1.165, 1.54) is 0 Å². The first-order valence-electron chi connectivity index (χ1n) is 5.17. The van der Waals surface area contributed by atoms with Crippen LogP contribution in [0.4, 0.5) is 0 Å². The maximum absolute atomic E-state index is 8.85. The number of hydrogen-bond donors (Lipinski definition) is 2. The van der Waals surface area contributed by atoms with Crippen molar-refractivity contribution in [3.8, 4) is 6.07 Å². The van der Waals surface area contributed by atoms with Gasteiger partial charge in [0.2, 0.25) is 0 Å². The standard InChI is InChI=1S/C12H15ClN2O/c1-9(8-16)6-15-7-11-3-2-10(5-14)4-12(11)13/h2-4,9,15-16H,6-8H2,1H3. The molecule has 1 aromatic rings. The van der Waals surface area contributed by atoms with E-state index in [2.05, 4.69) is 5.32 Å². The molecule has 1 rings (SSSR count). The molecule has 0 heterocycles. The van der Waals surface area contributed by atoms with E-state index in [1.807, 2.05) is 19.1 Å². The normalized spacial score (nSPS) is 12.1. The number of aliphatic hydroxyl groups is 1. The van der Waals surface area contributed by atoms with Crippen LogP contribution in [0.15, 0.2) is 18.2 Å². The molecule has 0 aliphatic rings. The Morgan fingerprint density at radius 3 is 2.88 bits per heavy atom. The quantitative estimate of drug-likeness (QED) is 0.824. The summed E-state index contributed by atoms with van der Waals surface area (Å²) in [6, 6.07) is 7.29. The van der Waals surface area contributed by atoms with Gasteiger partial charge in [0, 0.05) is 24.7 Å². The first-order valence-corrected chi connectivity index (χ1v) is 5.55. The summed E-state index contributed by atoms with van der Waals surface area (Å²) in [4.78, 5) is 0. The lowest BCUT2D eigenvalue weighted by Gasteiger charge is -2.10. The molecule has 1 unspecified atom stereocenters. The Bertz CT molecular complexity index is 387. The summed E-state index contributed by atoms with van der Waals surface area (Å²) in [5.74, 6) is 0.233. The third-order valence-corrected chi connectivity index (χ3v) is 2.65. The van der Waals surface area contributed by atoms with Gasteiger partial charge in [-0.2, -0.15) is 5.26 Å². The highest BCUT2D eigenvalue weighted by Crippen LogP contribution is 2.17. The molecule has 16 heavy (non-hydrogen) atoms. The molecule has 0 spiro atoms. The van der Waals surface area contributed by atoms with Crippen LogP contribution in [0.3, 0.4) is 0 Å². The van der Waals surface area contributed by atoms with Crippen molar-refractivity contribution in [1.82, 2.24) is 5.32 Å². The highest BCUT2D eigenvalue weighted by molar-refractivity contribution is 6.31. The molecule has 0 aliphatic carbocycles. The highest BCUT2D eigenvalue weighted by Gasteiger charge is 2.03. The van der Waals surface area contributed by atoms with Gasteiger partial charge in [-0.3, -0.25) is 0 Å². The lowest BCUT2D eigenvalue weighted by molar-refractivity contribution is 0.233. The van der Waals surface area contributed by atoms with Crippen molar-refractivity contribution < 1.29 is 5.11 Å². The summed E-state index contributed by atoms with van der Waals surface area (Å²) in [5, 5.41) is 21.3. The minimum Gasteiger partial charge on any atom is -0.396 e. The first-order chi connectivity index (χ1) is 7.67. The second-order valence-electron chi connectivity index (χ2n) is 3.84. The molecule has 0 fully saturated rings. The van der Waals surface area contributed by atoms with Crippen LogP contribution in [0.2, 0.25) is 5.02 Å². The minimum absolute atomic E-state index is 0.175. The van der Waals surface area contributed by atoms with Crippen LogP contribution >= 0.6 is 11.6 Å².